The molecule has 0 saturated carbocycles. The van der Waals surface area contributed by atoms with Crippen LogP contribution in [0.1, 0.15) is 33.1 Å². The first-order valence-electron chi connectivity index (χ1n) is 7.60. The molecule has 1 aromatic heterocycles. The van der Waals surface area contributed by atoms with Gasteiger partial charge in [-0.15, -0.1) is 0 Å². The number of aromatic nitrogens is 1. The molecular weight excluding hydrogens is 268 g/mol. The SMILES string of the molecule is CNc1cc([N+](=O)[O-])cc(N2CCCC(C(C)C)CC2)n1. The van der Waals surface area contributed by atoms with E-state index in [-0.39, 0.29) is 10.6 Å². The highest BCUT2D eigenvalue weighted by Gasteiger charge is 2.22. The maximum atomic E-state index is 11.0. The minimum absolute atomic E-state index is 0.0917. The van der Waals surface area contributed by atoms with Gasteiger partial charge in [0.2, 0.25) is 0 Å². The molecule has 1 aromatic rings. The Kier molecular flexibility index (Phi) is 4.98. The smallest absolute Gasteiger partial charge is 0.276 e. The second-order valence-electron chi connectivity index (χ2n) is 6.00. The average Bonchev–Trinajstić information content (AvgIpc) is 2.72. The van der Waals surface area contributed by atoms with Crippen molar-refractivity contribution < 1.29 is 4.92 Å². The first kappa shape index (κ1) is 15.5. The summed E-state index contributed by atoms with van der Waals surface area (Å²) in [5.74, 6) is 2.68. The molecule has 2 rings (SSSR count). The Labute approximate surface area is 125 Å². The van der Waals surface area contributed by atoms with Gasteiger partial charge in [0.25, 0.3) is 5.69 Å². The quantitative estimate of drug-likeness (QED) is 0.681. The van der Waals surface area contributed by atoms with E-state index in [2.05, 4.69) is 29.0 Å². The van der Waals surface area contributed by atoms with Gasteiger partial charge in [0, 0.05) is 20.1 Å². The van der Waals surface area contributed by atoms with Crippen molar-refractivity contribution in [1.82, 2.24) is 4.98 Å². The molecule has 1 saturated heterocycles. The molecule has 1 aliphatic rings. The standard InChI is InChI=1S/C15H24N4O2/c1-11(2)12-5-4-7-18(8-6-12)15-10-13(19(20)21)9-14(16-3)17-15/h9-12H,4-8H2,1-3H3,(H,16,17). The lowest BCUT2D eigenvalue weighted by Gasteiger charge is -2.22. The van der Waals surface area contributed by atoms with E-state index in [1.54, 1.807) is 13.1 Å². The van der Waals surface area contributed by atoms with Crippen LogP contribution in [0, 0.1) is 22.0 Å². The van der Waals surface area contributed by atoms with Crippen LogP contribution in [0.25, 0.3) is 0 Å². The minimum atomic E-state index is -0.360. The summed E-state index contributed by atoms with van der Waals surface area (Å²) in [6.45, 7) is 6.37. The molecule has 1 unspecified atom stereocenters. The number of nitro groups is 1. The van der Waals surface area contributed by atoms with Crippen molar-refractivity contribution in [3.05, 3.63) is 22.2 Å². The molecule has 6 heteroatoms. The van der Waals surface area contributed by atoms with Crippen LogP contribution in [0.4, 0.5) is 17.3 Å². The van der Waals surface area contributed by atoms with Crippen LogP contribution in [0.5, 0.6) is 0 Å². The van der Waals surface area contributed by atoms with E-state index >= 15 is 0 Å². The number of hydrogen-bond donors (Lipinski definition) is 1. The van der Waals surface area contributed by atoms with E-state index in [4.69, 9.17) is 0 Å². The third-order valence-electron chi connectivity index (χ3n) is 4.30. The van der Waals surface area contributed by atoms with Crippen molar-refractivity contribution >= 4 is 17.3 Å². The lowest BCUT2D eigenvalue weighted by atomic mass is 9.89. The predicted molar refractivity (Wildman–Crippen MR) is 84.8 cm³/mol. The van der Waals surface area contributed by atoms with Gasteiger partial charge in [0.15, 0.2) is 0 Å². The van der Waals surface area contributed by atoms with Crippen LogP contribution in [-0.2, 0) is 0 Å². The molecule has 0 spiro atoms. The summed E-state index contributed by atoms with van der Waals surface area (Å²) >= 11 is 0. The van der Waals surface area contributed by atoms with E-state index in [0.717, 1.165) is 31.8 Å². The predicted octanol–water partition coefficient (Wildman–Crippen LogP) is 3.29. The summed E-state index contributed by atoms with van der Waals surface area (Å²) in [5, 5.41) is 13.9. The molecular formula is C15H24N4O2. The molecule has 2 heterocycles. The number of anilines is 2. The Bertz CT molecular complexity index is 504. The number of pyridine rings is 1. The van der Waals surface area contributed by atoms with Gasteiger partial charge in [-0.2, -0.15) is 0 Å². The fourth-order valence-corrected chi connectivity index (χ4v) is 2.92. The van der Waals surface area contributed by atoms with Crippen LogP contribution in [-0.4, -0.2) is 30.0 Å². The van der Waals surface area contributed by atoms with Crippen LogP contribution >= 0.6 is 0 Å². The zero-order valence-electron chi connectivity index (χ0n) is 13.0. The summed E-state index contributed by atoms with van der Waals surface area (Å²) in [5.41, 5.74) is 0.0917. The van der Waals surface area contributed by atoms with E-state index in [9.17, 15) is 10.1 Å². The highest BCUT2D eigenvalue weighted by molar-refractivity contribution is 5.55. The Morgan fingerprint density at radius 3 is 2.76 bits per heavy atom. The van der Waals surface area contributed by atoms with Gasteiger partial charge in [-0.1, -0.05) is 13.8 Å². The summed E-state index contributed by atoms with van der Waals surface area (Å²) < 4.78 is 0. The average molecular weight is 292 g/mol. The van der Waals surface area contributed by atoms with Crippen LogP contribution in [0.2, 0.25) is 0 Å². The topological polar surface area (TPSA) is 71.3 Å². The van der Waals surface area contributed by atoms with Gasteiger partial charge in [-0.25, -0.2) is 4.98 Å². The molecule has 6 nitrogen and oxygen atoms in total. The highest BCUT2D eigenvalue weighted by Crippen LogP contribution is 2.29. The summed E-state index contributed by atoms with van der Waals surface area (Å²) in [4.78, 5) is 17.3. The first-order chi connectivity index (χ1) is 10.0. The molecule has 1 aliphatic heterocycles. The number of nitrogens with one attached hydrogen (secondary N) is 1. The molecule has 1 fully saturated rings. The third kappa shape index (κ3) is 3.83. The Morgan fingerprint density at radius 2 is 2.14 bits per heavy atom. The normalized spacial score (nSPS) is 19.4. The van der Waals surface area contributed by atoms with Gasteiger partial charge < -0.3 is 10.2 Å². The van der Waals surface area contributed by atoms with Gasteiger partial charge in [0.1, 0.15) is 11.6 Å². The summed E-state index contributed by atoms with van der Waals surface area (Å²) in [6.07, 6.45) is 3.46. The summed E-state index contributed by atoms with van der Waals surface area (Å²) in [7, 11) is 1.73. The van der Waals surface area contributed by atoms with Crippen molar-refractivity contribution in [3.8, 4) is 0 Å². The molecule has 0 bridgehead atoms. The van der Waals surface area contributed by atoms with Crippen molar-refractivity contribution in [2.75, 3.05) is 30.4 Å². The van der Waals surface area contributed by atoms with Gasteiger partial charge in [0.05, 0.1) is 17.1 Å². The Hall–Kier alpha value is -1.85. The molecule has 0 amide bonds. The minimum Gasteiger partial charge on any atom is -0.373 e. The van der Waals surface area contributed by atoms with Crippen LogP contribution in [0.3, 0.4) is 0 Å². The van der Waals surface area contributed by atoms with E-state index in [1.165, 1.54) is 12.5 Å². The fourth-order valence-electron chi connectivity index (χ4n) is 2.92. The van der Waals surface area contributed by atoms with Gasteiger partial charge in [-0.3, -0.25) is 10.1 Å². The molecule has 0 aliphatic carbocycles. The molecule has 0 radical (unpaired) electrons. The maximum absolute atomic E-state index is 11.0. The lowest BCUT2D eigenvalue weighted by Crippen LogP contribution is -2.25. The largest absolute Gasteiger partial charge is 0.373 e. The van der Waals surface area contributed by atoms with Crippen LogP contribution in [0.15, 0.2) is 12.1 Å². The van der Waals surface area contributed by atoms with Crippen molar-refractivity contribution in [1.29, 1.82) is 0 Å². The monoisotopic (exact) mass is 292 g/mol. The van der Waals surface area contributed by atoms with E-state index < -0.39 is 0 Å². The Morgan fingerprint density at radius 1 is 1.38 bits per heavy atom. The second-order valence-corrected chi connectivity index (χ2v) is 6.00. The molecule has 1 atom stereocenters. The van der Waals surface area contributed by atoms with Crippen molar-refractivity contribution in [2.24, 2.45) is 11.8 Å². The lowest BCUT2D eigenvalue weighted by molar-refractivity contribution is -0.384. The number of rotatable bonds is 4. The first-order valence-corrected chi connectivity index (χ1v) is 7.60. The molecule has 1 N–H and O–H groups in total. The Balaban J connectivity index is 2.20. The zero-order chi connectivity index (χ0) is 15.4. The second kappa shape index (κ2) is 6.74. The summed E-state index contributed by atoms with van der Waals surface area (Å²) in [6, 6.07) is 3.05. The van der Waals surface area contributed by atoms with Crippen molar-refractivity contribution in [2.45, 2.75) is 33.1 Å². The number of nitrogens with zero attached hydrogens (tertiary/aromatic N) is 3. The van der Waals surface area contributed by atoms with Crippen molar-refractivity contribution in [3.63, 3.8) is 0 Å². The van der Waals surface area contributed by atoms with Gasteiger partial charge >= 0.3 is 0 Å². The van der Waals surface area contributed by atoms with Crippen LogP contribution < -0.4 is 10.2 Å². The maximum Gasteiger partial charge on any atom is 0.276 e. The van der Waals surface area contributed by atoms with E-state index in [0.29, 0.717) is 17.6 Å². The zero-order valence-corrected chi connectivity index (χ0v) is 13.0. The van der Waals surface area contributed by atoms with Gasteiger partial charge in [-0.05, 0) is 31.1 Å². The highest BCUT2D eigenvalue weighted by atomic mass is 16.6. The van der Waals surface area contributed by atoms with E-state index in [1.807, 2.05) is 0 Å². The molecule has 116 valence electrons. The molecule has 21 heavy (non-hydrogen) atoms. The molecule has 0 aromatic carbocycles. The third-order valence-corrected chi connectivity index (χ3v) is 4.30. The fraction of sp³-hybridized carbons (Fsp3) is 0.667. The number of hydrogen-bond acceptors (Lipinski definition) is 5.